The molecule has 0 bridgehead atoms. The summed E-state index contributed by atoms with van der Waals surface area (Å²) < 4.78 is 243. The summed E-state index contributed by atoms with van der Waals surface area (Å²) >= 11 is 0. The summed E-state index contributed by atoms with van der Waals surface area (Å²) in [4.78, 5) is 0. The third kappa shape index (κ3) is 11.0. The molecule has 0 aliphatic rings. The average Bonchev–Trinajstić information content (AvgIpc) is 2.78. The molecule has 262 valence electrons. The van der Waals surface area contributed by atoms with Crippen molar-refractivity contribution in [2.24, 2.45) is 5.41 Å². The number of hydrogen-bond acceptors (Lipinski definition) is 1. The van der Waals surface area contributed by atoms with Gasteiger partial charge >= 0.3 is 44.4 Å². The van der Waals surface area contributed by atoms with Crippen LogP contribution in [0.3, 0.4) is 0 Å². The molecule has 0 rings (SSSR count). The predicted octanol–water partition coefficient (Wildman–Crippen LogP) is 12.8. The third-order valence-electron chi connectivity index (χ3n) is 6.82. The molecule has 0 spiro atoms. The summed E-state index contributed by atoms with van der Waals surface area (Å²) in [5.41, 5.74) is -7.21. The van der Waals surface area contributed by atoms with Crippen molar-refractivity contribution < 1.29 is 83.0 Å². The van der Waals surface area contributed by atoms with E-state index in [4.69, 9.17) is 4.57 Å². The summed E-state index contributed by atoms with van der Waals surface area (Å²) in [6.45, 7) is 5.20. The molecule has 0 saturated carbocycles. The summed E-state index contributed by atoms with van der Waals surface area (Å²) in [5.74, 6) is -23.3. The van der Waals surface area contributed by atoms with Gasteiger partial charge < -0.3 is 0 Å². The monoisotopic (exact) mass is 717 g/mol. The lowest BCUT2D eigenvalue weighted by Gasteiger charge is -2.49. The van der Waals surface area contributed by atoms with E-state index in [1.54, 1.807) is 20.8 Å². The minimum Gasteiger partial charge on any atom is -0.215 e. The van der Waals surface area contributed by atoms with Crippen LogP contribution in [0.25, 0.3) is 0 Å². The largest absolute Gasteiger partial charge is 0.591 e. The third-order valence-corrected chi connectivity index (χ3v) is 11.9. The van der Waals surface area contributed by atoms with Gasteiger partial charge in [-0.15, -0.1) is 12.6 Å². The van der Waals surface area contributed by atoms with E-state index in [1.165, 1.54) is 0 Å². The van der Waals surface area contributed by atoms with Gasteiger partial charge in [-0.3, -0.25) is 0 Å². The second-order valence-corrected chi connectivity index (χ2v) is 15.2. The molecular formula is C22H33F18OP2+. The van der Waals surface area contributed by atoms with Crippen LogP contribution in [-0.2, 0) is 4.57 Å². The van der Waals surface area contributed by atoms with Crippen LogP contribution in [-0.4, -0.2) is 60.9 Å². The zero-order chi connectivity index (χ0) is 35.0. The lowest BCUT2D eigenvalue weighted by molar-refractivity contribution is -0.476. The van der Waals surface area contributed by atoms with E-state index in [0.717, 1.165) is 0 Å². The molecule has 0 fully saturated rings. The van der Waals surface area contributed by atoms with Crippen LogP contribution >= 0.6 is 15.3 Å². The van der Waals surface area contributed by atoms with E-state index in [-0.39, 0.29) is 0 Å². The Bertz CT molecular complexity index is 765. The standard InChI is InChI=1S/C22H33F15P.F3OP/c1-4-7-12-38(13-8-5-2,14-9-6-3)15-10-11-16(17(23,24)20(29,30)31,18(25,26)21(32,33)34)19(27,28)22(35,36)37;1-5(2,3)4/h4-15H2,1-3H3;/q+1;. The van der Waals surface area contributed by atoms with Crippen LogP contribution in [0.2, 0.25) is 0 Å². The summed E-state index contributed by atoms with van der Waals surface area (Å²) in [6.07, 6.45) is -24.0. The first-order valence-electron chi connectivity index (χ1n) is 12.8. The molecule has 0 radical (unpaired) electrons. The highest BCUT2D eigenvalue weighted by molar-refractivity contribution is 7.75. The summed E-state index contributed by atoms with van der Waals surface area (Å²) in [6, 6.07) is 0. The highest BCUT2D eigenvalue weighted by Crippen LogP contribution is 2.71. The molecule has 0 aliphatic carbocycles. The van der Waals surface area contributed by atoms with Crippen molar-refractivity contribution in [2.75, 3.05) is 24.6 Å². The minimum atomic E-state index is -7.78. The van der Waals surface area contributed by atoms with Gasteiger partial charge in [0.05, 0.1) is 24.6 Å². The Morgan fingerprint density at radius 3 is 0.860 bits per heavy atom. The normalized spacial score (nSPS) is 14.9. The van der Waals surface area contributed by atoms with Gasteiger partial charge in [0.1, 0.15) is 0 Å². The second-order valence-electron chi connectivity index (χ2n) is 9.92. The first-order valence-corrected chi connectivity index (χ1v) is 16.7. The van der Waals surface area contributed by atoms with Gasteiger partial charge in [0, 0.05) is 7.26 Å². The van der Waals surface area contributed by atoms with E-state index in [0.29, 0.717) is 57.0 Å². The van der Waals surface area contributed by atoms with Gasteiger partial charge in [-0.2, -0.15) is 65.9 Å². The molecule has 0 aromatic rings. The maximum Gasteiger partial charge on any atom is 0.591 e. The summed E-state index contributed by atoms with van der Waals surface area (Å²) in [5, 5.41) is 0. The zero-order valence-corrected chi connectivity index (χ0v) is 24.9. The molecule has 0 amide bonds. The minimum absolute atomic E-state index is 0.317. The summed E-state index contributed by atoms with van der Waals surface area (Å²) in [7, 11) is -8.63. The molecule has 0 N–H and O–H groups in total. The molecule has 21 heteroatoms. The fraction of sp³-hybridized carbons (Fsp3) is 1.00. The SMILES string of the molecule is CCCC[P+](CCCC)(CCCC)CCCC(C(F)(F)C(F)(F)F)(C(F)(F)C(F)(F)F)C(F)(F)C(F)(F)F.O=P(F)(F)F. The van der Waals surface area contributed by atoms with E-state index < -0.39 is 76.1 Å². The van der Waals surface area contributed by atoms with E-state index in [1.807, 2.05) is 0 Å². The molecule has 0 heterocycles. The van der Waals surface area contributed by atoms with Crippen molar-refractivity contribution in [3.63, 3.8) is 0 Å². The predicted molar refractivity (Wildman–Crippen MR) is 127 cm³/mol. The van der Waals surface area contributed by atoms with Crippen molar-refractivity contribution in [1.29, 1.82) is 0 Å². The van der Waals surface area contributed by atoms with Gasteiger partial charge in [-0.1, -0.05) is 40.0 Å². The number of unbranched alkanes of at least 4 members (excludes halogenated alkanes) is 3. The van der Waals surface area contributed by atoms with Crippen LogP contribution in [0.4, 0.5) is 78.4 Å². The molecule has 1 nitrogen and oxygen atoms in total. The maximum absolute atomic E-state index is 14.5. The molecule has 0 saturated heterocycles. The van der Waals surface area contributed by atoms with Crippen LogP contribution in [0, 0.1) is 5.41 Å². The van der Waals surface area contributed by atoms with Crippen LogP contribution in [0.5, 0.6) is 0 Å². The van der Waals surface area contributed by atoms with Crippen LogP contribution in [0.15, 0.2) is 0 Å². The van der Waals surface area contributed by atoms with Gasteiger partial charge in [0.15, 0.2) is 5.41 Å². The average molecular weight is 717 g/mol. The fourth-order valence-electron chi connectivity index (χ4n) is 4.62. The Kier molecular flexibility index (Phi) is 16.4. The van der Waals surface area contributed by atoms with Gasteiger partial charge in [0.2, 0.25) is 0 Å². The molecule has 0 aromatic heterocycles. The van der Waals surface area contributed by atoms with Gasteiger partial charge in [-0.05, 0) is 32.1 Å². The first-order chi connectivity index (χ1) is 18.9. The van der Waals surface area contributed by atoms with Crippen LogP contribution < -0.4 is 0 Å². The quantitative estimate of drug-likeness (QED) is 0.115. The van der Waals surface area contributed by atoms with Crippen molar-refractivity contribution in [3.8, 4) is 0 Å². The molecule has 0 unspecified atom stereocenters. The van der Waals surface area contributed by atoms with Crippen LogP contribution in [0.1, 0.15) is 72.1 Å². The Morgan fingerprint density at radius 2 is 0.674 bits per heavy atom. The molecule has 0 aliphatic heterocycles. The van der Waals surface area contributed by atoms with Gasteiger partial charge in [0.25, 0.3) is 0 Å². The van der Waals surface area contributed by atoms with E-state index in [2.05, 4.69) is 0 Å². The number of hydrogen-bond donors (Lipinski definition) is 0. The highest BCUT2D eigenvalue weighted by Gasteiger charge is 2.95. The number of alkyl halides is 15. The lowest BCUT2D eigenvalue weighted by Crippen LogP contribution is -2.74. The lowest BCUT2D eigenvalue weighted by atomic mass is 9.65. The Balaban J connectivity index is 0. The first kappa shape index (κ1) is 44.5. The van der Waals surface area contributed by atoms with Crippen molar-refractivity contribution in [2.45, 2.75) is 108 Å². The second kappa shape index (κ2) is 15.8. The zero-order valence-electron chi connectivity index (χ0n) is 23.1. The highest BCUT2D eigenvalue weighted by atomic mass is 31.3. The molecule has 0 atom stereocenters. The van der Waals surface area contributed by atoms with E-state index in [9.17, 15) is 78.4 Å². The maximum atomic E-state index is 14.5. The molecule has 43 heavy (non-hydrogen) atoms. The molecule has 0 aromatic carbocycles. The molecular weight excluding hydrogens is 684 g/mol. The topological polar surface area (TPSA) is 17.1 Å². The Hall–Kier alpha value is -0.600. The van der Waals surface area contributed by atoms with Gasteiger partial charge in [-0.25, -0.2) is 4.57 Å². The fourth-order valence-corrected chi connectivity index (χ4v) is 9.75. The Morgan fingerprint density at radius 1 is 0.465 bits per heavy atom. The number of rotatable bonds is 16. The van der Waals surface area contributed by atoms with E-state index >= 15 is 0 Å². The van der Waals surface area contributed by atoms with Crippen molar-refractivity contribution in [1.82, 2.24) is 0 Å². The Labute approximate surface area is 237 Å². The van der Waals surface area contributed by atoms with Crippen molar-refractivity contribution >= 4 is 15.3 Å². The smallest absolute Gasteiger partial charge is 0.215 e. The van der Waals surface area contributed by atoms with Crippen molar-refractivity contribution in [3.05, 3.63) is 0 Å². The number of halogens is 18.